The van der Waals surface area contributed by atoms with Crippen LogP contribution in [0.4, 0.5) is 11.4 Å². The van der Waals surface area contributed by atoms with Crippen molar-refractivity contribution in [2.75, 3.05) is 11.4 Å². The molecule has 0 saturated heterocycles. The van der Waals surface area contributed by atoms with Gasteiger partial charge in [0, 0.05) is 6.21 Å². The molecule has 1 aromatic carbocycles. The molecule has 4 heteroatoms. The maximum Gasteiger partial charge on any atom is 0.233 e. The number of hydrogen-bond donors (Lipinski definition) is 1. The minimum absolute atomic E-state index is 0.0265. The Morgan fingerprint density at radius 2 is 2.17 bits per heavy atom. The van der Waals surface area contributed by atoms with Crippen molar-refractivity contribution in [2.45, 2.75) is 25.4 Å². The highest BCUT2D eigenvalue weighted by Crippen LogP contribution is 2.34. The van der Waals surface area contributed by atoms with Gasteiger partial charge in [-0.15, -0.1) is 0 Å². The molecule has 0 bridgehead atoms. The minimum atomic E-state index is -0.483. The van der Waals surface area contributed by atoms with E-state index in [-0.39, 0.29) is 11.8 Å². The monoisotopic (exact) mass is 244 g/mol. The predicted molar refractivity (Wildman–Crippen MR) is 70.3 cm³/mol. The van der Waals surface area contributed by atoms with E-state index in [0.29, 0.717) is 6.54 Å². The molecule has 2 aliphatic rings. The molecule has 4 nitrogen and oxygen atoms in total. The molecule has 1 N–H and O–H groups in total. The van der Waals surface area contributed by atoms with E-state index in [2.05, 4.69) is 4.99 Å². The normalized spacial score (nSPS) is 26.2. The first kappa shape index (κ1) is 11.4. The van der Waals surface area contributed by atoms with Crippen LogP contribution in [0.1, 0.15) is 19.3 Å². The fraction of sp³-hybridized carbons (Fsp3) is 0.429. The van der Waals surface area contributed by atoms with Gasteiger partial charge in [-0.2, -0.15) is 0 Å². The number of aliphatic hydroxyl groups is 1. The Morgan fingerprint density at radius 1 is 1.33 bits per heavy atom. The third-order valence-corrected chi connectivity index (χ3v) is 3.73. The molecule has 1 heterocycles. The van der Waals surface area contributed by atoms with Crippen LogP contribution in [-0.2, 0) is 4.79 Å². The zero-order valence-corrected chi connectivity index (χ0v) is 10.1. The quantitative estimate of drug-likeness (QED) is 0.820. The molecule has 1 aromatic rings. The number of benzene rings is 1. The summed E-state index contributed by atoms with van der Waals surface area (Å²) in [6.07, 6.45) is 3.72. The van der Waals surface area contributed by atoms with Gasteiger partial charge in [0.1, 0.15) is 0 Å². The second-order valence-electron chi connectivity index (χ2n) is 4.85. The lowest BCUT2D eigenvalue weighted by Crippen LogP contribution is -2.41. The third-order valence-electron chi connectivity index (χ3n) is 3.73. The maximum absolute atomic E-state index is 12.5. The summed E-state index contributed by atoms with van der Waals surface area (Å²) in [5, 5.41) is 9.86. The summed E-state index contributed by atoms with van der Waals surface area (Å²) in [6.45, 7) is 0.499. The van der Waals surface area contributed by atoms with Gasteiger partial charge in [-0.3, -0.25) is 9.79 Å². The van der Waals surface area contributed by atoms with Gasteiger partial charge in [-0.25, -0.2) is 0 Å². The number of rotatable bonds is 1. The number of carbonyl (C=O) groups is 1. The molecule has 1 aliphatic heterocycles. The average Bonchev–Trinajstić information content (AvgIpc) is 2.83. The van der Waals surface area contributed by atoms with E-state index in [0.717, 1.165) is 30.6 Å². The van der Waals surface area contributed by atoms with Crippen LogP contribution in [0.15, 0.2) is 29.3 Å². The molecule has 0 radical (unpaired) electrons. The van der Waals surface area contributed by atoms with Gasteiger partial charge in [0.15, 0.2) is 0 Å². The SMILES string of the molecule is O=C(C1CCCC1O)N1CC=Nc2ccccc21. The van der Waals surface area contributed by atoms with E-state index in [1.807, 2.05) is 24.3 Å². The Labute approximate surface area is 106 Å². The molecule has 1 amide bonds. The standard InChI is InChI=1S/C14H16N2O2/c17-13-7-3-4-10(13)14(18)16-9-8-15-11-5-1-2-6-12(11)16/h1-2,5-6,8,10,13,17H,3-4,7,9H2. The lowest BCUT2D eigenvalue weighted by atomic mass is 10.0. The van der Waals surface area contributed by atoms with Crippen molar-refractivity contribution in [1.82, 2.24) is 0 Å². The van der Waals surface area contributed by atoms with E-state index in [4.69, 9.17) is 0 Å². The number of para-hydroxylation sites is 2. The summed E-state index contributed by atoms with van der Waals surface area (Å²) >= 11 is 0. The van der Waals surface area contributed by atoms with Crippen LogP contribution < -0.4 is 4.90 Å². The van der Waals surface area contributed by atoms with Crippen molar-refractivity contribution in [3.63, 3.8) is 0 Å². The fourth-order valence-corrected chi connectivity index (χ4v) is 2.76. The van der Waals surface area contributed by atoms with Gasteiger partial charge in [0.25, 0.3) is 0 Å². The summed E-state index contributed by atoms with van der Waals surface area (Å²) in [7, 11) is 0. The lowest BCUT2D eigenvalue weighted by Gasteiger charge is -2.28. The van der Waals surface area contributed by atoms with Crippen molar-refractivity contribution in [3.05, 3.63) is 24.3 Å². The molecule has 18 heavy (non-hydrogen) atoms. The number of nitrogens with zero attached hydrogens (tertiary/aromatic N) is 2. The Morgan fingerprint density at radius 3 is 2.94 bits per heavy atom. The van der Waals surface area contributed by atoms with Gasteiger partial charge < -0.3 is 10.0 Å². The molecule has 0 spiro atoms. The first-order valence-electron chi connectivity index (χ1n) is 6.38. The summed E-state index contributed by atoms with van der Waals surface area (Å²) in [5.74, 6) is -0.219. The third kappa shape index (κ3) is 1.82. The minimum Gasteiger partial charge on any atom is -0.392 e. The molecule has 1 fully saturated rings. The zero-order chi connectivity index (χ0) is 12.5. The van der Waals surface area contributed by atoms with E-state index in [1.54, 1.807) is 11.1 Å². The van der Waals surface area contributed by atoms with E-state index in [9.17, 15) is 9.90 Å². The van der Waals surface area contributed by atoms with Crippen LogP contribution in [0.5, 0.6) is 0 Å². The number of amides is 1. The van der Waals surface area contributed by atoms with Gasteiger partial charge in [0.2, 0.25) is 5.91 Å². The van der Waals surface area contributed by atoms with Gasteiger partial charge in [-0.05, 0) is 31.4 Å². The van der Waals surface area contributed by atoms with Crippen molar-refractivity contribution >= 4 is 23.5 Å². The van der Waals surface area contributed by atoms with Crippen LogP contribution in [0.2, 0.25) is 0 Å². The fourth-order valence-electron chi connectivity index (χ4n) is 2.76. The van der Waals surface area contributed by atoms with Crippen LogP contribution in [0.3, 0.4) is 0 Å². The smallest absolute Gasteiger partial charge is 0.233 e. The largest absolute Gasteiger partial charge is 0.392 e. The van der Waals surface area contributed by atoms with E-state index < -0.39 is 6.10 Å². The maximum atomic E-state index is 12.5. The lowest BCUT2D eigenvalue weighted by molar-refractivity contribution is -0.124. The summed E-state index contributed by atoms with van der Waals surface area (Å²) < 4.78 is 0. The van der Waals surface area contributed by atoms with Crippen LogP contribution in [0, 0.1) is 5.92 Å². The first-order chi connectivity index (χ1) is 8.77. The Hall–Kier alpha value is -1.68. The Kier molecular flexibility index (Phi) is 2.88. The van der Waals surface area contributed by atoms with Crippen molar-refractivity contribution in [1.29, 1.82) is 0 Å². The summed E-state index contributed by atoms with van der Waals surface area (Å²) in [4.78, 5) is 18.5. The summed E-state index contributed by atoms with van der Waals surface area (Å²) in [5.41, 5.74) is 1.67. The zero-order valence-electron chi connectivity index (χ0n) is 10.1. The highest BCUT2D eigenvalue weighted by molar-refractivity contribution is 6.02. The Bertz CT molecular complexity index is 498. The molecule has 1 saturated carbocycles. The molecule has 94 valence electrons. The molecule has 3 rings (SSSR count). The molecular weight excluding hydrogens is 228 g/mol. The molecule has 2 atom stereocenters. The van der Waals surface area contributed by atoms with Crippen molar-refractivity contribution in [2.24, 2.45) is 10.9 Å². The number of carbonyl (C=O) groups excluding carboxylic acids is 1. The van der Waals surface area contributed by atoms with Crippen molar-refractivity contribution < 1.29 is 9.90 Å². The number of anilines is 1. The van der Waals surface area contributed by atoms with Crippen LogP contribution >= 0.6 is 0 Å². The predicted octanol–water partition coefficient (Wildman–Crippen LogP) is 1.90. The molecule has 1 aliphatic carbocycles. The molecule has 0 aromatic heterocycles. The van der Waals surface area contributed by atoms with Crippen LogP contribution in [0.25, 0.3) is 0 Å². The number of hydrogen-bond acceptors (Lipinski definition) is 3. The number of aliphatic hydroxyl groups excluding tert-OH is 1. The second kappa shape index (κ2) is 4.53. The van der Waals surface area contributed by atoms with Gasteiger partial charge in [0.05, 0.1) is 29.9 Å². The second-order valence-corrected chi connectivity index (χ2v) is 4.85. The highest BCUT2D eigenvalue weighted by atomic mass is 16.3. The number of aliphatic imine (C=N–C) groups is 1. The topological polar surface area (TPSA) is 52.9 Å². The average molecular weight is 244 g/mol. The summed E-state index contributed by atoms with van der Waals surface area (Å²) in [6, 6.07) is 7.63. The first-order valence-corrected chi connectivity index (χ1v) is 6.38. The molecule has 2 unspecified atom stereocenters. The van der Waals surface area contributed by atoms with E-state index in [1.165, 1.54) is 0 Å². The number of fused-ring (bicyclic) bond motifs is 1. The van der Waals surface area contributed by atoms with E-state index >= 15 is 0 Å². The van der Waals surface area contributed by atoms with Gasteiger partial charge in [-0.1, -0.05) is 12.1 Å². The van der Waals surface area contributed by atoms with Crippen LogP contribution in [-0.4, -0.2) is 29.9 Å². The molecular formula is C14H16N2O2. The van der Waals surface area contributed by atoms with Crippen molar-refractivity contribution in [3.8, 4) is 0 Å². The Balaban J connectivity index is 1.89. The van der Waals surface area contributed by atoms with Gasteiger partial charge >= 0.3 is 0 Å². The highest BCUT2D eigenvalue weighted by Gasteiger charge is 2.35.